The maximum absolute atomic E-state index is 12.6. The van der Waals surface area contributed by atoms with E-state index in [0.29, 0.717) is 0 Å². The molecule has 1 aliphatic rings. The van der Waals surface area contributed by atoms with Crippen molar-refractivity contribution in [1.29, 1.82) is 0 Å². The average Bonchev–Trinajstić information content (AvgIpc) is 2.30. The van der Waals surface area contributed by atoms with Gasteiger partial charge in [-0.25, -0.2) is 9.78 Å². The molecule has 5 nitrogen and oxygen atoms in total. The lowest BCUT2D eigenvalue weighted by atomic mass is 10.1. The summed E-state index contributed by atoms with van der Waals surface area (Å²) in [7, 11) is 0. The summed E-state index contributed by atoms with van der Waals surface area (Å²) in [5, 5.41) is 0. The highest BCUT2D eigenvalue weighted by Crippen LogP contribution is 2.31. The Morgan fingerprint density at radius 2 is 1.95 bits per heavy atom. The van der Waals surface area contributed by atoms with Crippen molar-refractivity contribution in [1.82, 2.24) is 9.88 Å². The van der Waals surface area contributed by atoms with E-state index in [1.165, 1.54) is 4.90 Å². The lowest BCUT2D eigenvalue weighted by Crippen LogP contribution is -2.57. The van der Waals surface area contributed by atoms with E-state index in [1.54, 1.807) is 20.8 Å². The van der Waals surface area contributed by atoms with Gasteiger partial charge in [-0.2, -0.15) is 13.2 Å². The summed E-state index contributed by atoms with van der Waals surface area (Å²) in [5.41, 5.74) is -1.41. The Balaban J connectivity index is 1.87. The zero-order valence-electron chi connectivity index (χ0n) is 12.5. The molecular weight excluding hydrogens is 301 g/mol. The summed E-state index contributed by atoms with van der Waals surface area (Å²) in [4.78, 5) is 16.9. The number of hydrogen-bond acceptors (Lipinski definition) is 4. The number of carbonyl (C=O) groups is 1. The van der Waals surface area contributed by atoms with Crippen LogP contribution < -0.4 is 4.74 Å². The van der Waals surface area contributed by atoms with Crippen molar-refractivity contribution in [2.24, 2.45) is 0 Å². The van der Waals surface area contributed by atoms with Crippen LogP contribution in [0.3, 0.4) is 0 Å². The molecule has 0 saturated carbocycles. The zero-order valence-corrected chi connectivity index (χ0v) is 12.5. The predicted octanol–water partition coefficient (Wildman–Crippen LogP) is 3.10. The molecule has 0 aliphatic carbocycles. The average molecular weight is 318 g/mol. The van der Waals surface area contributed by atoms with Gasteiger partial charge in [0.25, 0.3) is 0 Å². The molecule has 2 heterocycles. The number of pyridine rings is 1. The molecule has 0 N–H and O–H groups in total. The van der Waals surface area contributed by atoms with Gasteiger partial charge in [-0.05, 0) is 26.8 Å². The monoisotopic (exact) mass is 318 g/mol. The Hall–Kier alpha value is -1.99. The van der Waals surface area contributed by atoms with Gasteiger partial charge >= 0.3 is 12.3 Å². The van der Waals surface area contributed by atoms with Gasteiger partial charge in [0.15, 0.2) is 0 Å². The molecule has 0 spiro atoms. The molecule has 122 valence electrons. The first-order chi connectivity index (χ1) is 10.0. The van der Waals surface area contributed by atoms with Gasteiger partial charge < -0.3 is 14.4 Å². The minimum atomic E-state index is -4.44. The quantitative estimate of drug-likeness (QED) is 0.841. The second kappa shape index (κ2) is 5.66. The number of nitrogens with zero attached hydrogens (tertiary/aromatic N) is 2. The minimum Gasteiger partial charge on any atom is -0.471 e. The molecule has 1 aliphatic heterocycles. The largest absolute Gasteiger partial charge is 0.471 e. The van der Waals surface area contributed by atoms with Crippen molar-refractivity contribution < 1.29 is 27.4 Å². The molecule has 8 heteroatoms. The standard InChI is InChI=1S/C14H17F3N2O3/c1-13(2,3)22-12(20)19-7-10(8-19)21-11-6-9(4-5-18-11)14(15,16)17/h4-6,10H,7-8H2,1-3H3. The molecule has 1 saturated heterocycles. The molecule has 0 bridgehead atoms. The minimum absolute atomic E-state index is 0.108. The maximum atomic E-state index is 12.6. The van der Waals surface area contributed by atoms with Crippen LogP contribution in [0.15, 0.2) is 18.3 Å². The van der Waals surface area contributed by atoms with E-state index in [-0.39, 0.29) is 25.1 Å². The normalized spacial score (nSPS) is 16.2. The summed E-state index contributed by atoms with van der Waals surface area (Å²) in [5.74, 6) is -0.108. The molecule has 1 aromatic heterocycles. The van der Waals surface area contributed by atoms with Crippen molar-refractivity contribution in [3.63, 3.8) is 0 Å². The fourth-order valence-electron chi connectivity index (χ4n) is 1.81. The molecule has 1 aromatic rings. The van der Waals surface area contributed by atoms with Crippen LogP contribution in [-0.4, -0.2) is 40.8 Å². The third kappa shape index (κ3) is 4.25. The summed E-state index contributed by atoms with van der Waals surface area (Å²) in [6.45, 7) is 5.78. The summed E-state index contributed by atoms with van der Waals surface area (Å²) >= 11 is 0. The SMILES string of the molecule is CC(C)(C)OC(=O)N1CC(Oc2cc(C(F)(F)F)ccn2)C1. The number of hydrogen-bond donors (Lipinski definition) is 0. The van der Waals surface area contributed by atoms with E-state index >= 15 is 0 Å². The summed E-state index contributed by atoms with van der Waals surface area (Å²) < 4.78 is 48.2. The van der Waals surface area contributed by atoms with Crippen molar-refractivity contribution in [2.45, 2.75) is 38.7 Å². The van der Waals surface area contributed by atoms with E-state index < -0.39 is 23.4 Å². The molecule has 2 rings (SSSR count). The fourth-order valence-corrected chi connectivity index (χ4v) is 1.81. The Labute approximate surface area is 126 Å². The van der Waals surface area contributed by atoms with E-state index in [2.05, 4.69) is 4.98 Å². The molecular formula is C14H17F3N2O3. The zero-order chi connectivity index (χ0) is 16.5. The van der Waals surface area contributed by atoms with Gasteiger partial charge in [-0.1, -0.05) is 0 Å². The molecule has 1 amide bonds. The number of rotatable bonds is 2. The topological polar surface area (TPSA) is 51.7 Å². The van der Waals surface area contributed by atoms with Gasteiger partial charge in [-0.3, -0.25) is 0 Å². The summed E-state index contributed by atoms with van der Waals surface area (Å²) in [6, 6.07) is 1.72. The number of aromatic nitrogens is 1. The first-order valence-corrected chi connectivity index (χ1v) is 6.72. The van der Waals surface area contributed by atoms with Crippen LogP contribution in [0.2, 0.25) is 0 Å². The first-order valence-electron chi connectivity index (χ1n) is 6.72. The van der Waals surface area contributed by atoms with Crippen LogP contribution in [0.25, 0.3) is 0 Å². The van der Waals surface area contributed by atoms with Gasteiger partial charge in [0.1, 0.15) is 11.7 Å². The highest BCUT2D eigenvalue weighted by Gasteiger charge is 2.36. The van der Waals surface area contributed by atoms with Crippen LogP contribution in [-0.2, 0) is 10.9 Å². The highest BCUT2D eigenvalue weighted by atomic mass is 19.4. The number of carbonyl (C=O) groups excluding carboxylic acids is 1. The van der Waals surface area contributed by atoms with E-state index in [0.717, 1.165) is 18.3 Å². The van der Waals surface area contributed by atoms with Crippen LogP contribution in [0.4, 0.5) is 18.0 Å². The fraction of sp³-hybridized carbons (Fsp3) is 0.571. The third-order valence-corrected chi connectivity index (χ3v) is 2.85. The molecule has 0 atom stereocenters. The van der Waals surface area contributed by atoms with Crippen molar-refractivity contribution >= 4 is 6.09 Å². The number of halogens is 3. The number of amides is 1. The number of alkyl halides is 3. The maximum Gasteiger partial charge on any atom is 0.416 e. The molecule has 0 radical (unpaired) electrons. The molecule has 0 aromatic carbocycles. The smallest absolute Gasteiger partial charge is 0.416 e. The Bertz CT molecular complexity index is 549. The van der Waals surface area contributed by atoms with Gasteiger partial charge in [-0.15, -0.1) is 0 Å². The molecule has 0 unspecified atom stereocenters. The van der Waals surface area contributed by atoms with Crippen molar-refractivity contribution in [2.75, 3.05) is 13.1 Å². The van der Waals surface area contributed by atoms with Gasteiger partial charge in [0.05, 0.1) is 18.7 Å². The lowest BCUT2D eigenvalue weighted by molar-refractivity contribution is -0.137. The Morgan fingerprint density at radius 1 is 1.32 bits per heavy atom. The van der Waals surface area contributed by atoms with Crippen LogP contribution >= 0.6 is 0 Å². The first kappa shape index (κ1) is 16.4. The summed E-state index contributed by atoms with van der Waals surface area (Å²) in [6.07, 6.45) is -4.25. The number of ether oxygens (including phenoxy) is 2. The van der Waals surface area contributed by atoms with E-state index in [9.17, 15) is 18.0 Å². The van der Waals surface area contributed by atoms with Crippen LogP contribution in [0, 0.1) is 0 Å². The van der Waals surface area contributed by atoms with Crippen molar-refractivity contribution in [3.8, 4) is 5.88 Å². The van der Waals surface area contributed by atoms with Crippen molar-refractivity contribution in [3.05, 3.63) is 23.9 Å². The number of likely N-dealkylation sites (tertiary alicyclic amines) is 1. The van der Waals surface area contributed by atoms with E-state index in [1.807, 2.05) is 0 Å². The molecule has 1 fully saturated rings. The highest BCUT2D eigenvalue weighted by molar-refractivity contribution is 5.69. The third-order valence-electron chi connectivity index (χ3n) is 2.85. The van der Waals surface area contributed by atoms with Gasteiger partial charge in [0.2, 0.25) is 5.88 Å². The Kier molecular flexibility index (Phi) is 4.21. The van der Waals surface area contributed by atoms with Gasteiger partial charge in [0, 0.05) is 12.3 Å². The van der Waals surface area contributed by atoms with Crippen LogP contribution in [0.5, 0.6) is 5.88 Å². The lowest BCUT2D eigenvalue weighted by Gasteiger charge is -2.39. The second-order valence-electron chi connectivity index (χ2n) is 6.01. The Morgan fingerprint density at radius 3 is 2.50 bits per heavy atom. The van der Waals surface area contributed by atoms with Crippen LogP contribution in [0.1, 0.15) is 26.3 Å². The second-order valence-corrected chi connectivity index (χ2v) is 6.01. The van der Waals surface area contributed by atoms with E-state index in [4.69, 9.17) is 9.47 Å². The predicted molar refractivity (Wildman–Crippen MR) is 71.5 cm³/mol. The molecule has 22 heavy (non-hydrogen) atoms.